The van der Waals surface area contributed by atoms with Gasteiger partial charge < -0.3 is 15.2 Å². The van der Waals surface area contributed by atoms with E-state index in [4.69, 9.17) is 10.3 Å². The Morgan fingerprint density at radius 3 is 2.87 bits per heavy atom. The number of carbonyl (C=O) groups is 1. The van der Waals surface area contributed by atoms with Crippen molar-refractivity contribution in [3.05, 3.63) is 11.7 Å². The Morgan fingerprint density at radius 2 is 2.17 bits per heavy atom. The molecular weight excluding hydrogens is 292 g/mol. The van der Waals surface area contributed by atoms with E-state index >= 15 is 0 Å². The van der Waals surface area contributed by atoms with E-state index in [0.717, 1.165) is 51.5 Å². The number of hydrogen-bond donors (Lipinski definition) is 1. The highest BCUT2D eigenvalue weighted by molar-refractivity contribution is 5.78. The van der Waals surface area contributed by atoms with E-state index in [9.17, 15) is 4.79 Å². The van der Waals surface area contributed by atoms with Gasteiger partial charge in [0.25, 0.3) is 0 Å². The monoisotopic (exact) mass is 320 g/mol. The molecule has 1 aromatic rings. The number of hydrogen-bond acceptors (Lipinski definition) is 5. The topological polar surface area (TPSA) is 85.2 Å². The summed E-state index contributed by atoms with van der Waals surface area (Å²) < 4.78 is 5.52. The standard InChI is InChI=1S/C17H28N4O2/c1-3-12(2)15(22)21-10-6-7-13(11-21)14-19-16(20-23-14)17(18)8-4-5-9-17/h12-13H,3-11,18H2,1-2H3. The van der Waals surface area contributed by atoms with Crippen LogP contribution in [0.4, 0.5) is 0 Å². The van der Waals surface area contributed by atoms with E-state index in [1.54, 1.807) is 0 Å². The van der Waals surface area contributed by atoms with Gasteiger partial charge in [-0.1, -0.05) is 31.8 Å². The van der Waals surface area contributed by atoms with Crippen molar-refractivity contribution in [3.63, 3.8) is 0 Å². The first-order valence-corrected chi connectivity index (χ1v) is 8.95. The van der Waals surface area contributed by atoms with Crippen LogP contribution >= 0.6 is 0 Å². The van der Waals surface area contributed by atoms with E-state index in [1.165, 1.54) is 0 Å². The molecule has 6 nitrogen and oxygen atoms in total. The first-order chi connectivity index (χ1) is 11.0. The van der Waals surface area contributed by atoms with Gasteiger partial charge in [0.2, 0.25) is 11.8 Å². The Labute approximate surface area is 137 Å². The van der Waals surface area contributed by atoms with Crippen LogP contribution in [0.2, 0.25) is 0 Å². The molecule has 1 saturated heterocycles. The molecule has 2 fully saturated rings. The summed E-state index contributed by atoms with van der Waals surface area (Å²) in [7, 11) is 0. The zero-order valence-electron chi connectivity index (χ0n) is 14.3. The first-order valence-electron chi connectivity index (χ1n) is 8.95. The van der Waals surface area contributed by atoms with Crippen molar-refractivity contribution in [2.75, 3.05) is 13.1 Å². The molecule has 1 aliphatic carbocycles. The minimum absolute atomic E-state index is 0.0813. The van der Waals surface area contributed by atoms with Gasteiger partial charge in [0.15, 0.2) is 5.82 Å². The molecule has 1 amide bonds. The fourth-order valence-electron chi connectivity index (χ4n) is 3.70. The van der Waals surface area contributed by atoms with E-state index in [0.29, 0.717) is 18.3 Å². The lowest BCUT2D eigenvalue weighted by molar-refractivity contribution is -0.136. The molecule has 1 aromatic heterocycles. The highest BCUT2D eigenvalue weighted by atomic mass is 16.5. The van der Waals surface area contributed by atoms with Gasteiger partial charge in [-0.2, -0.15) is 4.98 Å². The Bertz CT molecular complexity index is 551. The summed E-state index contributed by atoms with van der Waals surface area (Å²) >= 11 is 0. The summed E-state index contributed by atoms with van der Waals surface area (Å²) in [4.78, 5) is 19.0. The SMILES string of the molecule is CCC(C)C(=O)N1CCCC(c2nc(C3(N)CCCC3)no2)C1. The molecule has 128 valence electrons. The van der Waals surface area contributed by atoms with Crippen LogP contribution in [0.15, 0.2) is 4.52 Å². The average molecular weight is 320 g/mol. The summed E-state index contributed by atoms with van der Waals surface area (Å²) in [6.07, 6.45) is 6.95. The minimum atomic E-state index is -0.414. The lowest BCUT2D eigenvalue weighted by Gasteiger charge is -2.32. The van der Waals surface area contributed by atoms with Crippen molar-refractivity contribution < 1.29 is 9.32 Å². The maximum Gasteiger partial charge on any atom is 0.231 e. The molecule has 6 heteroatoms. The molecule has 1 saturated carbocycles. The number of piperidine rings is 1. The molecule has 3 rings (SSSR count). The predicted octanol–water partition coefficient (Wildman–Crippen LogP) is 2.55. The molecule has 2 unspecified atom stereocenters. The fourth-order valence-corrected chi connectivity index (χ4v) is 3.70. The number of rotatable bonds is 4. The van der Waals surface area contributed by atoms with Crippen molar-refractivity contribution >= 4 is 5.91 Å². The fraction of sp³-hybridized carbons (Fsp3) is 0.824. The number of likely N-dealkylation sites (tertiary alicyclic amines) is 1. The van der Waals surface area contributed by atoms with Crippen LogP contribution in [0.3, 0.4) is 0 Å². The molecule has 1 aliphatic heterocycles. The van der Waals surface area contributed by atoms with Crippen LogP contribution in [0.5, 0.6) is 0 Å². The molecule has 0 aromatic carbocycles. The summed E-state index contributed by atoms with van der Waals surface area (Å²) in [5, 5.41) is 4.15. The molecule has 0 bridgehead atoms. The van der Waals surface area contributed by atoms with Crippen LogP contribution < -0.4 is 5.73 Å². The lowest BCUT2D eigenvalue weighted by Crippen LogP contribution is -2.41. The van der Waals surface area contributed by atoms with Crippen LogP contribution in [-0.4, -0.2) is 34.0 Å². The Morgan fingerprint density at radius 1 is 1.43 bits per heavy atom. The largest absolute Gasteiger partial charge is 0.342 e. The minimum Gasteiger partial charge on any atom is -0.342 e. The van der Waals surface area contributed by atoms with E-state index in [-0.39, 0.29) is 17.7 Å². The molecule has 2 heterocycles. The zero-order chi connectivity index (χ0) is 16.4. The molecule has 2 aliphatic rings. The van der Waals surface area contributed by atoms with Gasteiger partial charge in [-0.25, -0.2) is 0 Å². The van der Waals surface area contributed by atoms with Crippen molar-refractivity contribution in [1.82, 2.24) is 15.0 Å². The maximum atomic E-state index is 12.4. The van der Waals surface area contributed by atoms with Gasteiger partial charge in [0, 0.05) is 19.0 Å². The van der Waals surface area contributed by atoms with Crippen molar-refractivity contribution in [2.24, 2.45) is 11.7 Å². The number of nitrogens with zero attached hydrogens (tertiary/aromatic N) is 3. The first kappa shape index (κ1) is 16.4. The second-order valence-electron chi connectivity index (χ2n) is 7.25. The summed E-state index contributed by atoms with van der Waals surface area (Å²) in [5.41, 5.74) is 5.99. The Balaban J connectivity index is 1.69. The van der Waals surface area contributed by atoms with Gasteiger partial charge in [-0.05, 0) is 32.1 Å². The highest BCUT2D eigenvalue weighted by Gasteiger charge is 2.37. The third kappa shape index (κ3) is 3.27. The second-order valence-corrected chi connectivity index (χ2v) is 7.25. The van der Waals surface area contributed by atoms with Gasteiger partial charge >= 0.3 is 0 Å². The third-order valence-electron chi connectivity index (χ3n) is 5.50. The van der Waals surface area contributed by atoms with Crippen LogP contribution in [0.1, 0.15) is 76.4 Å². The predicted molar refractivity (Wildman–Crippen MR) is 86.6 cm³/mol. The van der Waals surface area contributed by atoms with Gasteiger partial charge in [0.1, 0.15) is 0 Å². The quantitative estimate of drug-likeness (QED) is 0.921. The van der Waals surface area contributed by atoms with E-state index < -0.39 is 5.54 Å². The zero-order valence-corrected chi connectivity index (χ0v) is 14.3. The van der Waals surface area contributed by atoms with Crippen LogP contribution in [0, 0.1) is 5.92 Å². The van der Waals surface area contributed by atoms with Gasteiger partial charge in [-0.3, -0.25) is 4.79 Å². The average Bonchev–Trinajstić information content (AvgIpc) is 3.23. The Kier molecular flexibility index (Phi) is 4.71. The van der Waals surface area contributed by atoms with Gasteiger partial charge in [0.05, 0.1) is 11.5 Å². The maximum absolute atomic E-state index is 12.4. The van der Waals surface area contributed by atoms with Gasteiger partial charge in [-0.15, -0.1) is 0 Å². The summed E-state index contributed by atoms with van der Waals surface area (Å²) in [6, 6.07) is 0. The van der Waals surface area contributed by atoms with E-state index in [1.807, 2.05) is 11.8 Å². The molecule has 2 N–H and O–H groups in total. The Hall–Kier alpha value is -1.43. The highest BCUT2D eigenvalue weighted by Crippen LogP contribution is 2.36. The lowest BCUT2D eigenvalue weighted by atomic mass is 9.95. The smallest absolute Gasteiger partial charge is 0.231 e. The molecule has 0 radical (unpaired) electrons. The van der Waals surface area contributed by atoms with E-state index in [2.05, 4.69) is 17.1 Å². The number of nitrogens with two attached hydrogens (primary N) is 1. The summed E-state index contributed by atoms with van der Waals surface area (Å²) in [6.45, 7) is 5.56. The normalized spacial score (nSPS) is 25.5. The third-order valence-corrected chi connectivity index (χ3v) is 5.50. The van der Waals surface area contributed by atoms with Crippen molar-refractivity contribution in [2.45, 2.75) is 70.3 Å². The number of amides is 1. The summed E-state index contributed by atoms with van der Waals surface area (Å²) in [5.74, 6) is 1.76. The molecule has 2 atom stereocenters. The molecule has 0 spiro atoms. The number of carbonyl (C=O) groups excluding carboxylic acids is 1. The second kappa shape index (κ2) is 6.59. The van der Waals surface area contributed by atoms with Crippen LogP contribution in [0.25, 0.3) is 0 Å². The molecule has 23 heavy (non-hydrogen) atoms. The van der Waals surface area contributed by atoms with Crippen LogP contribution in [-0.2, 0) is 10.3 Å². The van der Waals surface area contributed by atoms with Crippen molar-refractivity contribution in [3.8, 4) is 0 Å². The molecular formula is C17H28N4O2. The number of aromatic nitrogens is 2. The van der Waals surface area contributed by atoms with Crippen molar-refractivity contribution in [1.29, 1.82) is 0 Å².